The van der Waals surface area contributed by atoms with Crippen molar-refractivity contribution < 1.29 is 0 Å². The van der Waals surface area contributed by atoms with Crippen LogP contribution in [0.1, 0.15) is 25.0 Å². The van der Waals surface area contributed by atoms with Crippen molar-refractivity contribution in [3.05, 3.63) is 187 Å². The zero-order chi connectivity index (χ0) is 34.6. The molecule has 0 N–H and O–H groups in total. The lowest BCUT2D eigenvalue weighted by atomic mass is 9.82. The van der Waals surface area contributed by atoms with E-state index in [9.17, 15) is 0 Å². The maximum Gasteiger partial charge on any atom is 0.0474 e. The third-order valence-electron chi connectivity index (χ3n) is 11.8. The molecule has 9 aromatic rings. The highest BCUT2D eigenvalue weighted by molar-refractivity contribution is 6.16. The minimum absolute atomic E-state index is 0.0942. The fourth-order valence-corrected chi connectivity index (χ4v) is 9.19. The van der Waals surface area contributed by atoms with E-state index < -0.39 is 0 Å². The number of hydrogen-bond donors (Lipinski definition) is 0. The van der Waals surface area contributed by atoms with Crippen LogP contribution in [0.4, 0.5) is 17.1 Å². The molecule has 9 aromatic carbocycles. The van der Waals surface area contributed by atoms with E-state index in [1.54, 1.807) is 0 Å². The number of fused-ring (bicyclic) bond motifs is 9. The van der Waals surface area contributed by atoms with Gasteiger partial charge in [0, 0.05) is 22.5 Å². The van der Waals surface area contributed by atoms with Crippen LogP contribution in [0.2, 0.25) is 0 Å². The molecule has 1 nitrogen and oxygen atoms in total. The van der Waals surface area contributed by atoms with Gasteiger partial charge in [-0.25, -0.2) is 0 Å². The van der Waals surface area contributed by atoms with E-state index in [2.05, 4.69) is 195 Å². The summed E-state index contributed by atoms with van der Waals surface area (Å²) >= 11 is 0. The molecular weight excluding hydrogens is 627 g/mol. The zero-order valence-electron chi connectivity index (χ0n) is 29.2. The highest BCUT2D eigenvalue weighted by Gasteiger charge is 2.36. The minimum Gasteiger partial charge on any atom is -0.310 e. The molecular formula is C51H35N. The average Bonchev–Trinajstić information content (AvgIpc) is 3.64. The molecule has 0 atom stereocenters. The van der Waals surface area contributed by atoms with E-state index in [1.165, 1.54) is 93.6 Å². The summed E-state index contributed by atoms with van der Waals surface area (Å²) in [7, 11) is 0. The molecule has 0 fully saturated rings. The topological polar surface area (TPSA) is 3.24 Å². The lowest BCUT2D eigenvalue weighted by Gasteiger charge is -2.29. The molecule has 0 heterocycles. The van der Waals surface area contributed by atoms with Crippen LogP contribution in [0.5, 0.6) is 0 Å². The van der Waals surface area contributed by atoms with Gasteiger partial charge in [-0.3, -0.25) is 0 Å². The van der Waals surface area contributed by atoms with Gasteiger partial charge in [-0.05, 0) is 130 Å². The number of benzene rings is 9. The monoisotopic (exact) mass is 661 g/mol. The molecule has 0 aliphatic heterocycles. The van der Waals surface area contributed by atoms with Gasteiger partial charge in [0.1, 0.15) is 0 Å². The lowest BCUT2D eigenvalue weighted by Crippen LogP contribution is -2.16. The van der Waals surface area contributed by atoms with Gasteiger partial charge in [-0.2, -0.15) is 0 Å². The van der Waals surface area contributed by atoms with E-state index in [0.717, 1.165) is 11.4 Å². The van der Waals surface area contributed by atoms with E-state index >= 15 is 0 Å². The number of rotatable bonds is 4. The highest BCUT2D eigenvalue weighted by atomic mass is 15.1. The summed E-state index contributed by atoms with van der Waals surface area (Å²) < 4.78 is 0. The summed E-state index contributed by atoms with van der Waals surface area (Å²) in [5.74, 6) is 0. The molecule has 244 valence electrons. The van der Waals surface area contributed by atoms with Crippen molar-refractivity contribution in [2.24, 2.45) is 0 Å². The third kappa shape index (κ3) is 4.17. The molecule has 52 heavy (non-hydrogen) atoms. The van der Waals surface area contributed by atoms with Gasteiger partial charge in [0.05, 0.1) is 0 Å². The van der Waals surface area contributed by atoms with Crippen molar-refractivity contribution in [1.82, 2.24) is 0 Å². The fourth-order valence-electron chi connectivity index (χ4n) is 9.19. The van der Waals surface area contributed by atoms with Crippen LogP contribution in [0.25, 0.3) is 76.8 Å². The highest BCUT2D eigenvalue weighted by Crippen LogP contribution is 2.53. The van der Waals surface area contributed by atoms with Gasteiger partial charge in [0.15, 0.2) is 0 Å². The van der Waals surface area contributed by atoms with Crippen molar-refractivity contribution in [3.8, 4) is 44.5 Å². The van der Waals surface area contributed by atoms with Crippen LogP contribution < -0.4 is 4.90 Å². The van der Waals surface area contributed by atoms with Crippen LogP contribution in [0, 0.1) is 0 Å². The summed E-state index contributed by atoms with van der Waals surface area (Å²) in [4.78, 5) is 2.46. The van der Waals surface area contributed by atoms with Crippen molar-refractivity contribution in [3.63, 3.8) is 0 Å². The second kappa shape index (κ2) is 10.8. The van der Waals surface area contributed by atoms with Crippen molar-refractivity contribution in [2.75, 3.05) is 4.90 Å². The summed E-state index contributed by atoms with van der Waals surface area (Å²) in [6, 6.07) is 65.5. The van der Waals surface area contributed by atoms with Crippen molar-refractivity contribution >= 4 is 49.4 Å². The van der Waals surface area contributed by atoms with Gasteiger partial charge in [-0.15, -0.1) is 0 Å². The van der Waals surface area contributed by atoms with Crippen LogP contribution in [0.15, 0.2) is 176 Å². The second-order valence-electron chi connectivity index (χ2n) is 14.9. The smallest absolute Gasteiger partial charge is 0.0474 e. The largest absolute Gasteiger partial charge is 0.310 e. The Hall–Kier alpha value is -6.44. The number of nitrogens with zero attached hydrogens (tertiary/aromatic N) is 1. The van der Waals surface area contributed by atoms with E-state index in [4.69, 9.17) is 0 Å². The van der Waals surface area contributed by atoms with E-state index in [0.29, 0.717) is 0 Å². The zero-order valence-corrected chi connectivity index (χ0v) is 29.2. The van der Waals surface area contributed by atoms with Gasteiger partial charge in [0.2, 0.25) is 0 Å². The molecule has 0 spiro atoms. The van der Waals surface area contributed by atoms with Crippen LogP contribution >= 0.6 is 0 Å². The molecule has 1 heteroatoms. The Morgan fingerprint density at radius 2 is 0.962 bits per heavy atom. The van der Waals surface area contributed by atoms with E-state index in [1.807, 2.05) is 0 Å². The quantitative estimate of drug-likeness (QED) is 0.170. The summed E-state index contributed by atoms with van der Waals surface area (Å²) in [6.07, 6.45) is 0. The summed E-state index contributed by atoms with van der Waals surface area (Å²) in [5, 5.41) is 7.73. The predicted octanol–water partition coefficient (Wildman–Crippen LogP) is 14.2. The van der Waals surface area contributed by atoms with Crippen LogP contribution in [0.3, 0.4) is 0 Å². The number of hydrogen-bond acceptors (Lipinski definition) is 1. The molecule has 0 unspecified atom stereocenters. The Morgan fingerprint density at radius 1 is 0.346 bits per heavy atom. The lowest BCUT2D eigenvalue weighted by molar-refractivity contribution is 0.660. The Balaban J connectivity index is 1.09. The Kier molecular flexibility index (Phi) is 6.08. The van der Waals surface area contributed by atoms with Crippen molar-refractivity contribution in [2.45, 2.75) is 19.3 Å². The van der Waals surface area contributed by atoms with Gasteiger partial charge < -0.3 is 4.90 Å². The van der Waals surface area contributed by atoms with Crippen LogP contribution in [-0.4, -0.2) is 0 Å². The van der Waals surface area contributed by atoms with Gasteiger partial charge in [-0.1, -0.05) is 147 Å². The first-order valence-electron chi connectivity index (χ1n) is 18.3. The standard InChI is InChI=1S/C51H35N/c1-51(2)48-17-8-7-15-43(48)44-27-26-38(31-49(44)51)52(39-28-36-11-9-16-45-41-13-5-6-14-42(41)47(30-39)50(36)45)37-24-22-32(23-25-37)35-21-20-34-19-18-33-10-3-4-12-40(33)46(34)29-35/h3-31H,1-2H3. The third-order valence-corrected chi connectivity index (χ3v) is 11.8. The SMILES string of the molecule is CC1(C)c2ccccc2-c2ccc(N(c3ccc(-c4ccc5ccc6ccccc6c5c4)cc3)c3cc4c5c(cccc5c3)-c3ccccc3-4)cc21. The average molecular weight is 662 g/mol. The Morgan fingerprint density at radius 3 is 1.81 bits per heavy atom. The molecule has 11 rings (SSSR count). The second-order valence-corrected chi connectivity index (χ2v) is 14.9. The Bertz CT molecular complexity index is 2930. The summed E-state index contributed by atoms with van der Waals surface area (Å²) in [6.45, 7) is 4.73. The molecule has 0 saturated carbocycles. The molecule has 0 aromatic heterocycles. The molecule has 0 saturated heterocycles. The molecule has 2 aliphatic rings. The van der Waals surface area contributed by atoms with Crippen LogP contribution in [-0.2, 0) is 5.41 Å². The minimum atomic E-state index is -0.0942. The molecule has 0 bridgehead atoms. The molecule has 0 amide bonds. The fraction of sp³-hybridized carbons (Fsp3) is 0.0588. The first-order chi connectivity index (χ1) is 25.5. The molecule has 0 radical (unpaired) electrons. The number of anilines is 3. The van der Waals surface area contributed by atoms with Gasteiger partial charge in [0.25, 0.3) is 0 Å². The summed E-state index contributed by atoms with van der Waals surface area (Å²) in [5.41, 5.74) is 16.5. The Labute approximate surface area is 304 Å². The first-order valence-corrected chi connectivity index (χ1v) is 18.3. The van der Waals surface area contributed by atoms with Gasteiger partial charge >= 0.3 is 0 Å². The normalized spacial score (nSPS) is 13.3. The van der Waals surface area contributed by atoms with E-state index in [-0.39, 0.29) is 5.41 Å². The predicted molar refractivity (Wildman–Crippen MR) is 221 cm³/mol. The first kappa shape index (κ1) is 29.3. The van der Waals surface area contributed by atoms with Crippen molar-refractivity contribution in [1.29, 1.82) is 0 Å². The molecule has 2 aliphatic carbocycles. The maximum absolute atomic E-state index is 2.46. The maximum atomic E-state index is 2.46.